The average molecular weight is 654 g/mol. The van der Waals surface area contributed by atoms with Crippen LogP contribution in [0.1, 0.15) is 18.9 Å². The molecule has 5 rings (SSSR count). The van der Waals surface area contributed by atoms with Gasteiger partial charge in [0.2, 0.25) is 5.88 Å². The molecule has 0 saturated heterocycles. The molecule has 2 aromatic carbocycles. The number of benzene rings is 2. The third-order valence-electron chi connectivity index (χ3n) is 7.41. The van der Waals surface area contributed by atoms with Crippen LogP contribution in [0.3, 0.4) is 0 Å². The van der Waals surface area contributed by atoms with Gasteiger partial charge in [-0.1, -0.05) is 6.07 Å². The SMILES string of the molecule is CC1=NN(c2ccc(N=Nc3c(C)c(-[n+]4ccccc4)c(=O)n(CCCN(C)C)c3O)cc2)C(=O)/C1=N\Nc1ccc([N+](=O)[O-])cc1O. The highest BCUT2D eigenvalue weighted by Gasteiger charge is 2.31. The molecule has 16 nitrogen and oxygen atoms in total. The standard InChI is InChI=1S/C32H32N10O6/c1-20-27(30(44)40(18-8-15-38(3)4)32(46)29(20)39-16-6-5-7-17-39)35-33-22-9-11-23(12-10-22)41-31(45)28(21(2)37-41)36-34-25-14-13-24(42(47)48)19-26(25)43/h5-7,9-14,16-17,19H,8,15,18H2,1-4H3,(H2-,33,34,35,36,37,43,44,45,46)/p+1. The molecule has 0 atom stereocenters. The minimum absolute atomic E-state index is 0.0183. The maximum absolute atomic E-state index is 13.5. The van der Waals surface area contributed by atoms with Crippen molar-refractivity contribution < 1.29 is 24.5 Å². The van der Waals surface area contributed by atoms with E-state index in [-0.39, 0.29) is 40.8 Å². The number of aromatic nitrogens is 2. The van der Waals surface area contributed by atoms with Gasteiger partial charge in [0.25, 0.3) is 11.4 Å². The second-order valence-electron chi connectivity index (χ2n) is 11.1. The molecular formula is C32H33N10O6+. The minimum Gasteiger partial charge on any atom is -0.505 e. The van der Waals surface area contributed by atoms with Crippen LogP contribution < -0.4 is 20.6 Å². The van der Waals surface area contributed by atoms with E-state index in [0.717, 1.165) is 11.1 Å². The van der Waals surface area contributed by atoms with Crippen LogP contribution in [0.15, 0.2) is 98.3 Å². The summed E-state index contributed by atoms with van der Waals surface area (Å²) in [6, 6.07) is 15.3. The molecule has 3 heterocycles. The summed E-state index contributed by atoms with van der Waals surface area (Å²) in [5, 5.41) is 50.3. The van der Waals surface area contributed by atoms with Crippen molar-refractivity contribution in [2.45, 2.75) is 26.8 Å². The Morgan fingerprint density at radius 2 is 1.73 bits per heavy atom. The van der Waals surface area contributed by atoms with Gasteiger partial charge in [0, 0.05) is 24.7 Å². The fourth-order valence-corrected chi connectivity index (χ4v) is 4.93. The van der Waals surface area contributed by atoms with E-state index in [1.165, 1.54) is 16.7 Å². The molecule has 0 fully saturated rings. The van der Waals surface area contributed by atoms with E-state index in [4.69, 9.17) is 0 Å². The van der Waals surface area contributed by atoms with Gasteiger partial charge >= 0.3 is 11.5 Å². The molecule has 0 unspecified atom stereocenters. The van der Waals surface area contributed by atoms with Crippen LogP contribution in [0, 0.1) is 17.0 Å². The first kappa shape index (κ1) is 33.1. The van der Waals surface area contributed by atoms with Gasteiger partial charge in [-0.05, 0) is 71.2 Å². The van der Waals surface area contributed by atoms with E-state index < -0.39 is 16.6 Å². The number of nitro groups is 1. The predicted octanol–water partition coefficient (Wildman–Crippen LogP) is 4.31. The highest BCUT2D eigenvalue weighted by Crippen LogP contribution is 2.33. The van der Waals surface area contributed by atoms with Crippen LogP contribution in [0.2, 0.25) is 0 Å². The molecule has 3 N–H and O–H groups in total. The van der Waals surface area contributed by atoms with E-state index in [1.54, 1.807) is 67.2 Å². The van der Waals surface area contributed by atoms with E-state index in [1.807, 2.05) is 25.1 Å². The van der Waals surface area contributed by atoms with E-state index >= 15 is 0 Å². The molecular weight excluding hydrogens is 620 g/mol. The number of rotatable bonds is 11. The Morgan fingerprint density at radius 1 is 1.02 bits per heavy atom. The number of amides is 1. The number of non-ortho nitro benzene ring substituents is 1. The van der Waals surface area contributed by atoms with Gasteiger partial charge in [0.1, 0.15) is 5.75 Å². The van der Waals surface area contributed by atoms with Gasteiger partial charge in [-0.25, -0.2) is 0 Å². The zero-order chi connectivity index (χ0) is 34.5. The van der Waals surface area contributed by atoms with Gasteiger partial charge in [-0.3, -0.25) is 29.7 Å². The average Bonchev–Trinajstić information content (AvgIpc) is 3.34. The van der Waals surface area contributed by atoms with Crippen molar-refractivity contribution in [1.29, 1.82) is 0 Å². The molecule has 1 aliphatic heterocycles. The first-order chi connectivity index (χ1) is 23.0. The number of hydrogen-bond acceptors (Lipinski definition) is 12. The maximum atomic E-state index is 13.5. The molecule has 246 valence electrons. The number of pyridine rings is 2. The topological polar surface area (TPSA) is 194 Å². The second-order valence-corrected chi connectivity index (χ2v) is 11.1. The second kappa shape index (κ2) is 14.0. The number of hydrogen-bond donors (Lipinski definition) is 3. The van der Waals surface area contributed by atoms with Crippen molar-refractivity contribution in [2.75, 3.05) is 31.1 Å². The molecule has 0 saturated carbocycles. The van der Waals surface area contributed by atoms with Crippen molar-refractivity contribution in [3.63, 3.8) is 0 Å². The van der Waals surface area contributed by atoms with Crippen molar-refractivity contribution in [3.8, 4) is 17.3 Å². The van der Waals surface area contributed by atoms with Crippen LogP contribution in [-0.2, 0) is 11.3 Å². The van der Waals surface area contributed by atoms with Crippen molar-refractivity contribution in [1.82, 2.24) is 9.47 Å². The molecule has 0 spiro atoms. The Hall–Kier alpha value is -6.29. The quantitative estimate of drug-likeness (QED) is 0.0700. The van der Waals surface area contributed by atoms with E-state index in [9.17, 15) is 29.9 Å². The number of carbonyl (C=O) groups excluding carboxylic acids is 1. The molecule has 16 heteroatoms. The van der Waals surface area contributed by atoms with Crippen LogP contribution in [0.5, 0.6) is 11.6 Å². The Balaban J connectivity index is 1.38. The molecule has 1 aliphatic rings. The van der Waals surface area contributed by atoms with Crippen molar-refractivity contribution >= 4 is 45.8 Å². The molecule has 48 heavy (non-hydrogen) atoms. The smallest absolute Gasteiger partial charge is 0.326 e. The number of aromatic hydroxyl groups is 2. The zero-order valence-electron chi connectivity index (χ0n) is 26.6. The minimum atomic E-state index is -0.641. The number of nitrogens with one attached hydrogen (secondary N) is 1. The summed E-state index contributed by atoms with van der Waals surface area (Å²) >= 11 is 0. The fraction of sp³-hybridized carbons (Fsp3) is 0.219. The monoisotopic (exact) mass is 653 g/mol. The first-order valence-corrected chi connectivity index (χ1v) is 14.8. The lowest BCUT2D eigenvalue weighted by molar-refractivity contribution is -0.597. The summed E-state index contributed by atoms with van der Waals surface area (Å²) in [5.74, 6) is -1.23. The highest BCUT2D eigenvalue weighted by atomic mass is 16.6. The highest BCUT2D eigenvalue weighted by molar-refractivity contribution is 6.71. The van der Waals surface area contributed by atoms with Gasteiger partial charge in [-0.15, -0.1) is 5.11 Å². The summed E-state index contributed by atoms with van der Waals surface area (Å²) < 4.78 is 2.99. The van der Waals surface area contributed by atoms with Gasteiger partial charge in [0.05, 0.1) is 39.3 Å². The number of nitro benzene ring substituents is 1. The summed E-state index contributed by atoms with van der Waals surface area (Å²) in [6.07, 6.45) is 4.12. The summed E-state index contributed by atoms with van der Waals surface area (Å²) in [4.78, 5) is 38.9. The lowest BCUT2D eigenvalue weighted by Gasteiger charge is -2.14. The largest absolute Gasteiger partial charge is 0.505 e. The van der Waals surface area contributed by atoms with Gasteiger partial charge < -0.3 is 15.1 Å². The lowest BCUT2D eigenvalue weighted by Crippen LogP contribution is -2.40. The molecule has 0 bridgehead atoms. The van der Waals surface area contributed by atoms with E-state index in [0.29, 0.717) is 41.3 Å². The summed E-state index contributed by atoms with van der Waals surface area (Å²) in [6.45, 7) is 4.29. The van der Waals surface area contributed by atoms with Gasteiger partial charge in [-0.2, -0.15) is 24.9 Å². The number of anilines is 2. The summed E-state index contributed by atoms with van der Waals surface area (Å²) in [5.41, 5.74) is 4.04. The van der Waals surface area contributed by atoms with E-state index in [2.05, 4.69) is 25.9 Å². The van der Waals surface area contributed by atoms with Crippen LogP contribution in [0.25, 0.3) is 5.69 Å². The van der Waals surface area contributed by atoms with Crippen LogP contribution >= 0.6 is 0 Å². The number of nitrogens with zero attached hydrogens (tertiary/aromatic N) is 9. The lowest BCUT2D eigenvalue weighted by atomic mass is 10.2. The molecule has 4 aromatic rings. The predicted molar refractivity (Wildman–Crippen MR) is 179 cm³/mol. The third-order valence-corrected chi connectivity index (χ3v) is 7.41. The van der Waals surface area contributed by atoms with Crippen LogP contribution in [0.4, 0.5) is 28.4 Å². The van der Waals surface area contributed by atoms with Crippen LogP contribution in [-0.4, -0.2) is 62.6 Å². The third kappa shape index (κ3) is 6.92. The Kier molecular flexibility index (Phi) is 9.65. The normalized spacial score (nSPS) is 13.9. The number of azo groups is 1. The van der Waals surface area contributed by atoms with Crippen molar-refractivity contribution in [3.05, 3.63) is 99.1 Å². The Labute approximate surface area is 274 Å². The number of phenols is 1. The maximum Gasteiger partial charge on any atom is 0.326 e. The van der Waals surface area contributed by atoms with Crippen molar-refractivity contribution in [2.24, 2.45) is 20.4 Å². The Bertz CT molecular complexity index is 2020. The zero-order valence-corrected chi connectivity index (χ0v) is 26.6. The Morgan fingerprint density at radius 3 is 2.38 bits per heavy atom. The number of phenolic OH excluding ortho intramolecular Hbond substituents is 1. The van der Waals surface area contributed by atoms with Gasteiger partial charge in [0.15, 0.2) is 23.8 Å². The fourth-order valence-electron chi connectivity index (χ4n) is 4.93. The first-order valence-electron chi connectivity index (χ1n) is 14.8. The summed E-state index contributed by atoms with van der Waals surface area (Å²) in [7, 11) is 3.86. The number of carbonyl (C=O) groups is 1. The number of hydrazone groups is 2. The molecule has 1 amide bonds. The molecule has 2 aromatic heterocycles. The molecule has 0 aliphatic carbocycles. The molecule has 0 radical (unpaired) electrons.